The minimum Gasteiger partial charge on any atom is -0.415 e. The normalized spacial score (nSPS) is 13.3. The smallest absolute Gasteiger partial charge is 0.415 e. The summed E-state index contributed by atoms with van der Waals surface area (Å²) in [5, 5.41) is 0. The van der Waals surface area contributed by atoms with E-state index in [1.807, 2.05) is 0 Å². The maximum absolute atomic E-state index is 15.0. The molecule has 0 amide bonds. The predicted octanol–water partition coefficient (Wildman–Crippen LogP) is 8.64. The second-order valence-electron chi connectivity index (χ2n) is 10.6. The third-order valence-corrected chi connectivity index (χ3v) is 6.45. The van der Waals surface area contributed by atoms with Crippen LogP contribution in [-0.4, -0.2) is 47.2 Å². The van der Waals surface area contributed by atoms with E-state index >= 15 is 0 Å². The maximum Gasteiger partial charge on any atom is 0.457 e. The Morgan fingerprint density at radius 2 is 0.840 bits per heavy atom. The molecule has 278 valence electrons. The summed E-state index contributed by atoms with van der Waals surface area (Å²) in [4.78, 5) is 23.9. The van der Waals surface area contributed by atoms with Gasteiger partial charge in [-0.05, 0) is 27.7 Å². The number of esters is 2. The highest BCUT2D eigenvalue weighted by molar-refractivity contribution is 5.81. The fourth-order valence-electron chi connectivity index (χ4n) is 3.57. The van der Waals surface area contributed by atoms with Gasteiger partial charge >= 0.3 is 36.0 Å². The van der Waals surface area contributed by atoms with Crippen LogP contribution in [0.5, 0.6) is 11.5 Å². The van der Waals surface area contributed by atoms with Crippen molar-refractivity contribution >= 4 is 24.1 Å². The standard InChI is InChI=1S/C28H18F16O6/c1-7-9-11(29)15(33)19(16(34)12(9)30)47-21(45)25(37,38)23(3,4)50-28(43,44)27(41,42)24(5,6)49-26(39,40)22(46)48-20-17(35)13(31)10(8-2)14(32)18(20)36/h7-8H,1-2H2,3-6H3. The molecule has 0 heterocycles. The average molecular weight is 754 g/mol. The van der Waals surface area contributed by atoms with Crippen LogP contribution in [0.4, 0.5) is 70.2 Å². The quantitative estimate of drug-likeness (QED) is 0.0883. The molecular weight excluding hydrogens is 736 g/mol. The zero-order valence-corrected chi connectivity index (χ0v) is 25.1. The first-order chi connectivity index (χ1) is 22.4. The van der Waals surface area contributed by atoms with Gasteiger partial charge < -0.3 is 14.2 Å². The Morgan fingerprint density at radius 1 is 0.520 bits per heavy atom. The summed E-state index contributed by atoms with van der Waals surface area (Å²) in [6, 6.07) is 0. The molecule has 22 heteroatoms. The summed E-state index contributed by atoms with van der Waals surface area (Å²) in [6.45, 7) is 4.39. The number of halogens is 16. The molecule has 0 fully saturated rings. The highest BCUT2D eigenvalue weighted by Crippen LogP contribution is 2.50. The zero-order chi connectivity index (χ0) is 39.3. The van der Waals surface area contributed by atoms with Crippen LogP contribution in [0.3, 0.4) is 0 Å². The van der Waals surface area contributed by atoms with Crippen molar-refractivity contribution in [1.82, 2.24) is 0 Å². The molecule has 6 nitrogen and oxygen atoms in total. The number of benzene rings is 2. The fourth-order valence-corrected chi connectivity index (χ4v) is 3.57. The molecule has 0 spiro atoms. The van der Waals surface area contributed by atoms with Crippen molar-refractivity contribution in [3.05, 3.63) is 70.8 Å². The summed E-state index contributed by atoms with van der Waals surface area (Å²) in [5.41, 5.74) is -11.8. The largest absolute Gasteiger partial charge is 0.457 e. The van der Waals surface area contributed by atoms with Crippen molar-refractivity contribution in [3.63, 3.8) is 0 Å². The van der Waals surface area contributed by atoms with E-state index in [-0.39, 0.29) is 39.8 Å². The average Bonchev–Trinajstić information content (AvgIpc) is 2.98. The minimum atomic E-state index is -6.49. The third-order valence-electron chi connectivity index (χ3n) is 6.45. The van der Waals surface area contributed by atoms with Gasteiger partial charge in [0.25, 0.3) is 0 Å². The van der Waals surface area contributed by atoms with Crippen LogP contribution >= 0.6 is 0 Å². The SMILES string of the molecule is C=Cc1c(F)c(F)c(OC(=O)C(F)(F)OC(C)(C)C(F)(F)C(F)(F)OC(C)(C)C(F)(F)C(=O)Oc2c(F)c(F)c(C=C)c(F)c2F)c(F)c1F. The van der Waals surface area contributed by atoms with Crippen LogP contribution in [0.15, 0.2) is 13.2 Å². The van der Waals surface area contributed by atoms with Crippen LogP contribution in [0.1, 0.15) is 38.8 Å². The summed E-state index contributed by atoms with van der Waals surface area (Å²) in [7, 11) is 0. The van der Waals surface area contributed by atoms with E-state index in [4.69, 9.17) is 0 Å². The lowest BCUT2D eigenvalue weighted by atomic mass is 9.96. The van der Waals surface area contributed by atoms with Crippen molar-refractivity contribution in [2.45, 2.75) is 63.0 Å². The van der Waals surface area contributed by atoms with E-state index < -0.39 is 116 Å². The van der Waals surface area contributed by atoms with E-state index in [1.165, 1.54) is 0 Å². The van der Waals surface area contributed by atoms with E-state index in [0.717, 1.165) is 0 Å². The van der Waals surface area contributed by atoms with Gasteiger partial charge in [0, 0.05) is 0 Å². The van der Waals surface area contributed by atoms with Crippen molar-refractivity contribution < 1.29 is 98.8 Å². The number of carbonyl (C=O) groups excluding carboxylic acids is 2. The van der Waals surface area contributed by atoms with Crippen LogP contribution < -0.4 is 9.47 Å². The van der Waals surface area contributed by atoms with Gasteiger partial charge in [-0.15, -0.1) is 0 Å². The van der Waals surface area contributed by atoms with E-state index in [2.05, 4.69) is 32.1 Å². The Bertz CT molecular complexity index is 1680. The molecule has 2 rings (SSSR count). The summed E-state index contributed by atoms with van der Waals surface area (Å²) in [5.74, 6) is -43.7. The van der Waals surface area contributed by atoms with Crippen molar-refractivity contribution in [2.24, 2.45) is 0 Å². The van der Waals surface area contributed by atoms with Crippen LogP contribution in [-0.2, 0) is 19.1 Å². The highest BCUT2D eigenvalue weighted by Gasteiger charge is 2.73. The van der Waals surface area contributed by atoms with Gasteiger partial charge in [0.2, 0.25) is 34.8 Å². The van der Waals surface area contributed by atoms with Crippen molar-refractivity contribution in [3.8, 4) is 11.5 Å². The van der Waals surface area contributed by atoms with Gasteiger partial charge in [0.05, 0.1) is 11.1 Å². The van der Waals surface area contributed by atoms with E-state index in [0.29, 0.717) is 0 Å². The molecule has 50 heavy (non-hydrogen) atoms. The molecule has 0 aliphatic rings. The number of hydrogen-bond donors (Lipinski definition) is 0. The minimum absolute atomic E-state index is 0.205. The van der Waals surface area contributed by atoms with Gasteiger partial charge in [0.15, 0.2) is 23.3 Å². The first-order valence-electron chi connectivity index (χ1n) is 12.7. The molecule has 2 aromatic rings. The van der Waals surface area contributed by atoms with Crippen LogP contribution in [0.2, 0.25) is 0 Å². The van der Waals surface area contributed by atoms with Gasteiger partial charge in [-0.25, -0.2) is 27.2 Å². The lowest BCUT2D eigenvalue weighted by Crippen LogP contribution is -2.65. The van der Waals surface area contributed by atoms with Crippen molar-refractivity contribution in [2.75, 3.05) is 0 Å². The van der Waals surface area contributed by atoms with Crippen LogP contribution in [0.25, 0.3) is 12.2 Å². The molecule has 2 aromatic carbocycles. The monoisotopic (exact) mass is 754 g/mol. The molecule has 0 aliphatic heterocycles. The lowest BCUT2D eigenvalue weighted by Gasteiger charge is -2.42. The molecule has 0 N–H and O–H groups in total. The highest BCUT2D eigenvalue weighted by atomic mass is 19.3. The molecule has 0 saturated carbocycles. The summed E-state index contributed by atoms with van der Waals surface area (Å²) >= 11 is 0. The summed E-state index contributed by atoms with van der Waals surface area (Å²) < 4.78 is 244. The second kappa shape index (κ2) is 13.4. The topological polar surface area (TPSA) is 71.1 Å². The molecular formula is C28H18F16O6. The molecule has 0 bridgehead atoms. The second-order valence-corrected chi connectivity index (χ2v) is 10.6. The van der Waals surface area contributed by atoms with Gasteiger partial charge in [-0.1, -0.05) is 25.3 Å². The first-order valence-corrected chi connectivity index (χ1v) is 12.7. The number of alkyl halides is 8. The van der Waals surface area contributed by atoms with Crippen molar-refractivity contribution in [1.29, 1.82) is 0 Å². The number of rotatable bonds is 13. The Morgan fingerprint density at radius 3 is 1.16 bits per heavy atom. The molecule has 0 unspecified atom stereocenters. The number of hydrogen-bond acceptors (Lipinski definition) is 6. The molecule has 0 atom stereocenters. The fraction of sp³-hybridized carbons (Fsp3) is 0.357. The Hall–Kier alpha value is -4.34. The lowest BCUT2D eigenvalue weighted by molar-refractivity contribution is -0.438. The van der Waals surface area contributed by atoms with E-state index in [9.17, 15) is 79.8 Å². The first kappa shape index (κ1) is 41.8. The van der Waals surface area contributed by atoms with Gasteiger partial charge in [0.1, 0.15) is 11.2 Å². The maximum atomic E-state index is 15.0. The number of carbonyl (C=O) groups is 2. The van der Waals surface area contributed by atoms with E-state index in [1.54, 1.807) is 0 Å². The molecule has 0 aliphatic carbocycles. The zero-order valence-electron chi connectivity index (χ0n) is 25.1. The Balaban J connectivity index is 2.40. The van der Waals surface area contributed by atoms with Crippen LogP contribution in [0, 0.1) is 46.5 Å². The predicted molar refractivity (Wildman–Crippen MR) is 134 cm³/mol. The summed E-state index contributed by atoms with van der Waals surface area (Å²) in [6.07, 6.45) is -12.1. The Labute approximate surface area is 268 Å². The molecule has 0 aromatic heterocycles. The molecule has 0 saturated heterocycles. The van der Waals surface area contributed by atoms with Gasteiger partial charge in [-0.2, -0.15) is 52.7 Å². The van der Waals surface area contributed by atoms with Gasteiger partial charge in [-0.3, -0.25) is 4.74 Å². The Kier molecular flexibility index (Phi) is 11.2. The molecule has 0 radical (unpaired) electrons. The third kappa shape index (κ3) is 6.98. The number of ether oxygens (including phenoxy) is 4.